The molecule has 0 aliphatic rings. The number of aliphatic hydroxyl groups is 1. The van der Waals surface area contributed by atoms with Crippen LogP contribution >= 0.6 is 11.3 Å². The molecule has 4 aromatic heterocycles. The summed E-state index contributed by atoms with van der Waals surface area (Å²) >= 11 is 1.10. The summed E-state index contributed by atoms with van der Waals surface area (Å²) < 4.78 is 11.1. The minimum Gasteiger partial charge on any atom is -0.494 e. The van der Waals surface area contributed by atoms with Gasteiger partial charge in [-0.2, -0.15) is 0 Å². The number of hydrogen-bond donors (Lipinski definition) is 2. The van der Waals surface area contributed by atoms with E-state index in [0.29, 0.717) is 28.1 Å². The molecule has 0 saturated carbocycles. The van der Waals surface area contributed by atoms with Crippen molar-refractivity contribution in [2.75, 3.05) is 12.4 Å². The van der Waals surface area contributed by atoms with E-state index in [1.807, 2.05) is 26.0 Å². The van der Waals surface area contributed by atoms with Crippen LogP contribution in [0, 0.1) is 13.8 Å². The molecule has 0 radical (unpaired) electrons. The monoisotopic (exact) mass is 506 g/mol. The van der Waals surface area contributed by atoms with E-state index in [1.54, 1.807) is 45.5 Å². The van der Waals surface area contributed by atoms with Gasteiger partial charge < -0.3 is 14.6 Å². The summed E-state index contributed by atoms with van der Waals surface area (Å²) in [6, 6.07) is 7.27. The lowest BCUT2D eigenvalue weighted by Gasteiger charge is -2.17. The lowest BCUT2D eigenvalue weighted by Crippen LogP contribution is -2.16. The average molecular weight is 507 g/mol. The Morgan fingerprint density at radius 2 is 1.75 bits per heavy atom. The number of rotatable bonds is 8. The quantitative estimate of drug-likeness (QED) is 0.363. The molecule has 2 N–H and O–H groups in total. The van der Waals surface area contributed by atoms with Gasteiger partial charge in [0.05, 0.1) is 30.2 Å². The second kappa shape index (κ2) is 10.3. The Labute approximate surface area is 212 Å². The van der Waals surface area contributed by atoms with Gasteiger partial charge in [-0.3, -0.25) is 25.1 Å². The Kier molecular flexibility index (Phi) is 7.22. The zero-order chi connectivity index (χ0) is 25.9. The standard InChI is InChI=1S/C25H26N6O4S/c1-14-8-18(19-9-15(2)27-12-21(19)34-5)20(11-26-14)22(32)29-23-30-31-24(36-23)35-13-17-7-6-16(10-28-17)25(3,4)33/h6-12,33H,13H2,1-5H3,(H,29,30,32). The molecule has 0 saturated heterocycles. The van der Waals surface area contributed by atoms with Crippen molar-refractivity contribution in [3.05, 3.63) is 71.1 Å². The van der Waals surface area contributed by atoms with Crippen LogP contribution in [0.1, 0.15) is 46.9 Å². The molecule has 186 valence electrons. The van der Waals surface area contributed by atoms with Gasteiger partial charge in [0.1, 0.15) is 12.4 Å². The molecule has 4 rings (SSSR count). The highest BCUT2D eigenvalue weighted by molar-refractivity contribution is 7.17. The summed E-state index contributed by atoms with van der Waals surface area (Å²) in [5.41, 5.74) is 3.73. The summed E-state index contributed by atoms with van der Waals surface area (Å²) in [6.45, 7) is 7.29. The van der Waals surface area contributed by atoms with Crippen LogP contribution < -0.4 is 14.8 Å². The third-order valence-corrected chi connectivity index (χ3v) is 6.05. The van der Waals surface area contributed by atoms with Crippen LogP contribution in [0.25, 0.3) is 11.1 Å². The van der Waals surface area contributed by atoms with Crippen LogP contribution in [-0.2, 0) is 12.2 Å². The number of nitrogens with zero attached hydrogens (tertiary/aromatic N) is 5. The molecule has 36 heavy (non-hydrogen) atoms. The number of pyridine rings is 3. The minimum absolute atomic E-state index is 0.169. The van der Waals surface area contributed by atoms with Gasteiger partial charge >= 0.3 is 0 Å². The fourth-order valence-electron chi connectivity index (χ4n) is 3.37. The van der Waals surface area contributed by atoms with Crippen molar-refractivity contribution in [1.82, 2.24) is 25.1 Å². The number of ether oxygens (including phenoxy) is 2. The number of carbonyl (C=O) groups excluding carboxylic acids is 1. The van der Waals surface area contributed by atoms with Gasteiger partial charge in [0.2, 0.25) is 5.13 Å². The molecule has 10 nitrogen and oxygen atoms in total. The number of carbonyl (C=O) groups is 1. The molecule has 0 unspecified atom stereocenters. The molecule has 1 amide bonds. The predicted octanol–water partition coefficient (Wildman–Crippen LogP) is 4.07. The van der Waals surface area contributed by atoms with E-state index in [9.17, 15) is 9.90 Å². The Morgan fingerprint density at radius 1 is 1.03 bits per heavy atom. The van der Waals surface area contributed by atoms with E-state index in [0.717, 1.165) is 28.3 Å². The van der Waals surface area contributed by atoms with Crippen LogP contribution in [0.15, 0.2) is 42.9 Å². The second-order valence-electron chi connectivity index (χ2n) is 8.61. The zero-order valence-corrected chi connectivity index (χ0v) is 21.4. The average Bonchev–Trinajstić information content (AvgIpc) is 3.29. The Balaban J connectivity index is 1.48. The van der Waals surface area contributed by atoms with Crippen molar-refractivity contribution in [3.8, 4) is 22.1 Å². The lowest BCUT2D eigenvalue weighted by atomic mass is 9.99. The van der Waals surface area contributed by atoms with Crippen molar-refractivity contribution >= 4 is 22.4 Å². The van der Waals surface area contributed by atoms with Crippen LogP contribution in [0.4, 0.5) is 5.13 Å². The summed E-state index contributed by atoms with van der Waals surface area (Å²) in [5.74, 6) is 0.164. The molecule has 0 fully saturated rings. The van der Waals surface area contributed by atoms with Gasteiger partial charge in [0.15, 0.2) is 0 Å². The summed E-state index contributed by atoms with van der Waals surface area (Å²) in [6.07, 6.45) is 4.76. The maximum absolute atomic E-state index is 13.2. The molecule has 4 heterocycles. The van der Waals surface area contributed by atoms with E-state index in [-0.39, 0.29) is 22.8 Å². The van der Waals surface area contributed by atoms with Gasteiger partial charge in [0, 0.05) is 40.5 Å². The predicted molar refractivity (Wildman–Crippen MR) is 135 cm³/mol. The number of aromatic nitrogens is 5. The SMILES string of the molecule is COc1cnc(C)cc1-c1cc(C)ncc1C(=O)Nc1nnc(OCc2ccc(C(C)(C)O)cn2)s1. The van der Waals surface area contributed by atoms with Crippen LogP contribution in [0.3, 0.4) is 0 Å². The zero-order valence-electron chi connectivity index (χ0n) is 20.6. The van der Waals surface area contributed by atoms with E-state index in [1.165, 1.54) is 6.20 Å². The molecule has 0 atom stereocenters. The van der Waals surface area contributed by atoms with Crippen LogP contribution in [0.5, 0.6) is 10.9 Å². The molecule has 0 spiro atoms. The third kappa shape index (κ3) is 5.81. The van der Waals surface area contributed by atoms with E-state index >= 15 is 0 Å². The molecular weight excluding hydrogens is 480 g/mol. The van der Waals surface area contributed by atoms with E-state index < -0.39 is 5.60 Å². The second-order valence-corrected chi connectivity index (χ2v) is 9.55. The Bertz CT molecular complexity index is 1380. The highest BCUT2D eigenvalue weighted by Crippen LogP contribution is 2.33. The van der Waals surface area contributed by atoms with Crippen molar-refractivity contribution in [2.45, 2.75) is 39.9 Å². The lowest BCUT2D eigenvalue weighted by molar-refractivity contribution is 0.0781. The molecule has 4 aromatic rings. The maximum Gasteiger partial charge on any atom is 0.296 e. The van der Waals surface area contributed by atoms with Gasteiger partial charge in [-0.05, 0) is 57.2 Å². The van der Waals surface area contributed by atoms with Crippen molar-refractivity contribution in [2.24, 2.45) is 0 Å². The molecule has 11 heteroatoms. The van der Waals surface area contributed by atoms with E-state index in [4.69, 9.17) is 9.47 Å². The van der Waals surface area contributed by atoms with Crippen molar-refractivity contribution < 1.29 is 19.4 Å². The smallest absolute Gasteiger partial charge is 0.296 e. The Morgan fingerprint density at radius 3 is 2.42 bits per heavy atom. The molecular formula is C25H26N6O4S. The summed E-state index contributed by atoms with van der Waals surface area (Å²) in [4.78, 5) is 26.0. The highest BCUT2D eigenvalue weighted by Gasteiger charge is 2.20. The highest BCUT2D eigenvalue weighted by atomic mass is 32.1. The minimum atomic E-state index is -0.965. The number of aryl methyl sites for hydroxylation is 2. The van der Waals surface area contributed by atoms with Gasteiger partial charge in [-0.1, -0.05) is 11.2 Å². The van der Waals surface area contributed by atoms with Crippen LogP contribution in [0.2, 0.25) is 0 Å². The fourth-order valence-corrected chi connectivity index (χ4v) is 3.96. The number of amides is 1. The van der Waals surface area contributed by atoms with Crippen molar-refractivity contribution in [1.29, 1.82) is 0 Å². The van der Waals surface area contributed by atoms with Crippen LogP contribution in [-0.4, -0.2) is 43.3 Å². The van der Waals surface area contributed by atoms with Gasteiger partial charge in [-0.25, -0.2) is 0 Å². The molecule has 0 aromatic carbocycles. The number of methoxy groups -OCH3 is 1. The summed E-state index contributed by atoms with van der Waals surface area (Å²) in [5, 5.41) is 21.4. The third-order valence-electron chi connectivity index (χ3n) is 5.30. The largest absolute Gasteiger partial charge is 0.494 e. The molecule has 0 aliphatic carbocycles. The topological polar surface area (TPSA) is 132 Å². The number of hydrogen-bond acceptors (Lipinski definition) is 10. The van der Waals surface area contributed by atoms with Gasteiger partial charge in [0.25, 0.3) is 11.1 Å². The molecule has 0 aliphatic heterocycles. The maximum atomic E-state index is 13.2. The van der Waals surface area contributed by atoms with Gasteiger partial charge in [-0.15, -0.1) is 5.10 Å². The number of nitrogens with one attached hydrogen (secondary N) is 1. The van der Waals surface area contributed by atoms with E-state index in [2.05, 4.69) is 30.5 Å². The molecule has 0 bridgehead atoms. The Hall–Kier alpha value is -3.96. The number of anilines is 1. The fraction of sp³-hybridized carbons (Fsp3) is 0.280. The summed E-state index contributed by atoms with van der Waals surface area (Å²) in [7, 11) is 1.56. The first-order chi connectivity index (χ1) is 17.1. The normalized spacial score (nSPS) is 11.3. The van der Waals surface area contributed by atoms with Crippen molar-refractivity contribution in [3.63, 3.8) is 0 Å². The first-order valence-corrected chi connectivity index (χ1v) is 11.9. The first-order valence-electron chi connectivity index (χ1n) is 11.1. The first kappa shape index (κ1) is 25.1.